The van der Waals surface area contributed by atoms with Crippen molar-refractivity contribution in [1.82, 2.24) is 30.0 Å². The summed E-state index contributed by atoms with van der Waals surface area (Å²) in [6.07, 6.45) is 2.68. The number of benzene rings is 1. The molecule has 0 spiro atoms. The van der Waals surface area contributed by atoms with Crippen LogP contribution in [0, 0.1) is 12.8 Å². The summed E-state index contributed by atoms with van der Waals surface area (Å²) in [6, 6.07) is 7.37. The topological polar surface area (TPSA) is 112 Å². The number of likely N-dealkylation sites (tertiary alicyclic amines) is 1. The van der Waals surface area contributed by atoms with Gasteiger partial charge in [-0.05, 0) is 31.4 Å². The van der Waals surface area contributed by atoms with Crippen LogP contribution in [0.5, 0.6) is 0 Å². The fraction of sp³-hybridized carbons (Fsp3) is 0.350. The lowest BCUT2D eigenvalue weighted by Gasteiger charge is -2.30. The molecule has 3 aromatic rings. The Bertz CT molecular complexity index is 1160. The molecule has 0 bridgehead atoms. The van der Waals surface area contributed by atoms with E-state index in [1.54, 1.807) is 24.1 Å². The van der Waals surface area contributed by atoms with Crippen LogP contribution in [0.2, 0.25) is 5.02 Å². The second kappa shape index (κ2) is 8.27. The molecule has 156 valence electrons. The first-order valence-corrected chi connectivity index (χ1v) is 10.1. The molecule has 1 saturated heterocycles. The molecule has 0 atom stereocenters. The molecule has 1 aliphatic heterocycles. The molecule has 1 fully saturated rings. The number of nitrogens with zero attached hydrogens (tertiary/aromatic N) is 4. The summed E-state index contributed by atoms with van der Waals surface area (Å²) in [5.74, 6) is -0.586. The standard InChI is InChI=1S/C20H21ClN6O3/c1-12-11-27-17(19(29)23-12)16(24-25-27)20(30)26-8-6-13(7-9-26)18(28)22-10-14-4-2-3-5-15(14)21/h2-5,11,13H,6-10H2,1H3,(H,22,28)(H,23,29). The van der Waals surface area contributed by atoms with Gasteiger partial charge >= 0.3 is 0 Å². The van der Waals surface area contributed by atoms with Crippen molar-refractivity contribution >= 4 is 28.9 Å². The van der Waals surface area contributed by atoms with Gasteiger partial charge in [0.2, 0.25) is 5.91 Å². The molecule has 0 unspecified atom stereocenters. The molecule has 0 saturated carbocycles. The highest BCUT2D eigenvalue weighted by atomic mass is 35.5. The Morgan fingerprint density at radius 1 is 1.27 bits per heavy atom. The maximum Gasteiger partial charge on any atom is 0.276 e. The molecular weight excluding hydrogens is 408 g/mol. The first-order valence-electron chi connectivity index (χ1n) is 9.69. The molecule has 2 N–H and O–H groups in total. The molecular formula is C20H21ClN6O3. The zero-order valence-corrected chi connectivity index (χ0v) is 17.1. The predicted molar refractivity (Wildman–Crippen MR) is 110 cm³/mol. The highest BCUT2D eigenvalue weighted by molar-refractivity contribution is 6.31. The Labute approximate surface area is 177 Å². The van der Waals surface area contributed by atoms with Crippen molar-refractivity contribution in [3.8, 4) is 0 Å². The zero-order chi connectivity index (χ0) is 21.3. The minimum Gasteiger partial charge on any atom is -0.352 e. The first-order chi connectivity index (χ1) is 14.4. The Balaban J connectivity index is 1.37. The van der Waals surface area contributed by atoms with Crippen LogP contribution in [-0.2, 0) is 11.3 Å². The van der Waals surface area contributed by atoms with Crippen LogP contribution in [0.25, 0.3) is 5.52 Å². The number of rotatable bonds is 4. The van der Waals surface area contributed by atoms with E-state index < -0.39 is 5.56 Å². The molecule has 0 aliphatic carbocycles. The smallest absolute Gasteiger partial charge is 0.276 e. The molecule has 10 heteroatoms. The van der Waals surface area contributed by atoms with Crippen LogP contribution in [0.1, 0.15) is 34.6 Å². The fourth-order valence-electron chi connectivity index (χ4n) is 3.66. The number of hydrogen-bond acceptors (Lipinski definition) is 5. The molecule has 2 amide bonds. The van der Waals surface area contributed by atoms with Gasteiger partial charge in [-0.15, -0.1) is 5.10 Å². The highest BCUT2D eigenvalue weighted by Gasteiger charge is 2.30. The van der Waals surface area contributed by atoms with Gasteiger partial charge in [0, 0.05) is 36.3 Å². The number of piperidine rings is 1. The molecule has 0 radical (unpaired) electrons. The fourth-order valence-corrected chi connectivity index (χ4v) is 3.86. The maximum absolute atomic E-state index is 12.9. The number of carbonyl (C=O) groups is 2. The third kappa shape index (κ3) is 3.93. The summed E-state index contributed by atoms with van der Waals surface area (Å²) in [5, 5.41) is 11.3. The number of amides is 2. The summed E-state index contributed by atoms with van der Waals surface area (Å²) < 4.78 is 1.32. The van der Waals surface area contributed by atoms with Crippen molar-refractivity contribution in [2.45, 2.75) is 26.3 Å². The number of H-pyrrole nitrogens is 1. The third-order valence-electron chi connectivity index (χ3n) is 5.30. The SMILES string of the molecule is Cc1cn2nnc(C(=O)N3CCC(C(=O)NCc4ccccc4Cl)CC3)c2c(=O)[nH]1. The van der Waals surface area contributed by atoms with E-state index in [2.05, 4.69) is 20.6 Å². The molecule has 3 heterocycles. The van der Waals surface area contributed by atoms with Crippen molar-refractivity contribution in [2.75, 3.05) is 13.1 Å². The molecule has 1 aliphatic rings. The number of aromatic amines is 1. The van der Waals surface area contributed by atoms with E-state index in [4.69, 9.17) is 11.6 Å². The molecule has 9 nitrogen and oxygen atoms in total. The maximum atomic E-state index is 12.9. The predicted octanol–water partition coefficient (Wildman–Crippen LogP) is 1.55. The molecule has 30 heavy (non-hydrogen) atoms. The van der Waals surface area contributed by atoms with Crippen molar-refractivity contribution in [3.05, 3.63) is 62.8 Å². The van der Waals surface area contributed by atoms with E-state index in [9.17, 15) is 14.4 Å². The summed E-state index contributed by atoms with van der Waals surface area (Å²) in [6.45, 7) is 2.91. The summed E-state index contributed by atoms with van der Waals surface area (Å²) >= 11 is 6.12. The van der Waals surface area contributed by atoms with E-state index in [-0.39, 0.29) is 28.9 Å². The largest absolute Gasteiger partial charge is 0.352 e. The van der Waals surface area contributed by atoms with Crippen LogP contribution in [0.15, 0.2) is 35.3 Å². The van der Waals surface area contributed by atoms with Gasteiger partial charge in [-0.3, -0.25) is 14.4 Å². The number of aryl methyl sites for hydroxylation is 1. The lowest BCUT2D eigenvalue weighted by molar-refractivity contribution is -0.126. The molecule has 4 rings (SSSR count). The summed E-state index contributed by atoms with van der Waals surface area (Å²) in [4.78, 5) is 41.9. The van der Waals surface area contributed by atoms with Crippen molar-refractivity contribution in [1.29, 1.82) is 0 Å². The van der Waals surface area contributed by atoms with Gasteiger partial charge in [-0.2, -0.15) is 0 Å². The van der Waals surface area contributed by atoms with Gasteiger partial charge in [-0.1, -0.05) is 35.0 Å². The van der Waals surface area contributed by atoms with E-state index in [1.807, 2.05) is 18.2 Å². The number of halogens is 1. The number of aromatic nitrogens is 4. The van der Waals surface area contributed by atoms with Gasteiger partial charge in [0.1, 0.15) is 0 Å². The Hall–Kier alpha value is -3.20. The van der Waals surface area contributed by atoms with Gasteiger partial charge < -0.3 is 15.2 Å². The van der Waals surface area contributed by atoms with Crippen LogP contribution in [0.4, 0.5) is 0 Å². The van der Waals surface area contributed by atoms with Crippen molar-refractivity contribution in [3.63, 3.8) is 0 Å². The Morgan fingerprint density at radius 3 is 2.73 bits per heavy atom. The average Bonchev–Trinajstić information content (AvgIpc) is 3.16. The Morgan fingerprint density at radius 2 is 2.00 bits per heavy atom. The average molecular weight is 429 g/mol. The zero-order valence-electron chi connectivity index (χ0n) is 16.4. The second-order valence-corrected chi connectivity index (χ2v) is 7.78. The number of nitrogens with one attached hydrogen (secondary N) is 2. The Kier molecular flexibility index (Phi) is 5.54. The third-order valence-corrected chi connectivity index (χ3v) is 5.67. The van der Waals surface area contributed by atoms with E-state index >= 15 is 0 Å². The second-order valence-electron chi connectivity index (χ2n) is 7.37. The van der Waals surface area contributed by atoms with Crippen LogP contribution in [-0.4, -0.2) is 49.6 Å². The minimum absolute atomic E-state index is 0.0258. The van der Waals surface area contributed by atoms with Crippen molar-refractivity contribution in [2.24, 2.45) is 5.92 Å². The van der Waals surface area contributed by atoms with E-state index in [0.29, 0.717) is 43.2 Å². The lowest BCUT2D eigenvalue weighted by atomic mass is 9.95. The number of hydrogen-bond donors (Lipinski definition) is 2. The van der Waals surface area contributed by atoms with E-state index in [0.717, 1.165) is 5.56 Å². The van der Waals surface area contributed by atoms with Crippen LogP contribution < -0.4 is 10.9 Å². The summed E-state index contributed by atoms with van der Waals surface area (Å²) in [5.41, 5.74) is 1.24. The monoisotopic (exact) mass is 428 g/mol. The molecule has 1 aromatic carbocycles. The highest BCUT2D eigenvalue weighted by Crippen LogP contribution is 2.20. The van der Waals surface area contributed by atoms with Gasteiger partial charge in [0.25, 0.3) is 11.5 Å². The number of carbonyl (C=O) groups excluding carboxylic acids is 2. The lowest BCUT2D eigenvalue weighted by Crippen LogP contribution is -2.43. The normalized spacial score (nSPS) is 14.8. The van der Waals surface area contributed by atoms with Crippen LogP contribution in [0.3, 0.4) is 0 Å². The van der Waals surface area contributed by atoms with Crippen LogP contribution >= 0.6 is 11.6 Å². The number of fused-ring (bicyclic) bond motifs is 1. The van der Waals surface area contributed by atoms with Gasteiger partial charge in [0.15, 0.2) is 11.2 Å². The minimum atomic E-state index is -0.405. The van der Waals surface area contributed by atoms with E-state index in [1.165, 1.54) is 4.52 Å². The van der Waals surface area contributed by atoms with Gasteiger partial charge in [-0.25, -0.2) is 4.52 Å². The summed E-state index contributed by atoms with van der Waals surface area (Å²) in [7, 11) is 0. The van der Waals surface area contributed by atoms with Crippen molar-refractivity contribution < 1.29 is 9.59 Å². The first kappa shape index (κ1) is 20.1. The quantitative estimate of drug-likeness (QED) is 0.654. The van der Waals surface area contributed by atoms with Gasteiger partial charge in [0.05, 0.1) is 6.20 Å². The molecule has 2 aromatic heterocycles.